The van der Waals surface area contributed by atoms with Crippen LogP contribution >= 0.6 is 0 Å². The molecule has 22 heavy (non-hydrogen) atoms. The van der Waals surface area contributed by atoms with Gasteiger partial charge in [0, 0.05) is 11.9 Å². The molecule has 0 fully saturated rings. The van der Waals surface area contributed by atoms with Gasteiger partial charge in [-0.2, -0.15) is 10.1 Å². The fourth-order valence-electron chi connectivity index (χ4n) is 2.44. The van der Waals surface area contributed by atoms with Crippen LogP contribution in [0.4, 0.5) is 5.95 Å². The predicted octanol–water partition coefficient (Wildman–Crippen LogP) is 1.92. The van der Waals surface area contributed by atoms with Crippen LogP contribution in [-0.4, -0.2) is 32.3 Å². The van der Waals surface area contributed by atoms with Crippen LogP contribution in [0.5, 0.6) is 0 Å². The number of aromatic nitrogens is 4. The average Bonchev–Trinajstić information content (AvgIpc) is 2.99. The average molecular weight is 299 g/mol. The van der Waals surface area contributed by atoms with Gasteiger partial charge >= 0.3 is 5.97 Å². The van der Waals surface area contributed by atoms with Gasteiger partial charge in [-0.3, -0.25) is 4.98 Å². The van der Waals surface area contributed by atoms with E-state index in [-0.39, 0.29) is 5.97 Å². The lowest BCUT2D eigenvalue weighted by Gasteiger charge is -2.27. The number of hydrogen-bond acceptors (Lipinski definition) is 6. The van der Waals surface area contributed by atoms with Crippen LogP contribution in [0.2, 0.25) is 0 Å². The summed E-state index contributed by atoms with van der Waals surface area (Å²) in [4.78, 5) is 21.0. The first-order valence-corrected chi connectivity index (χ1v) is 7.17. The molecule has 1 N–H and O–H groups in total. The van der Waals surface area contributed by atoms with E-state index >= 15 is 0 Å². The standard InChI is InChI=1S/C15H17N5O2/c1-3-8-22-14(21)12-10(2)19-15-17-9-18-20(15)13(12)11-6-4-5-7-16-11/h4-7,9,13H,3,8H2,1-2H3,(H,17,18,19). The van der Waals surface area contributed by atoms with Crippen molar-refractivity contribution in [3.63, 3.8) is 0 Å². The highest BCUT2D eigenvalue weighted by atomic mass is 16.5. The Morgan fingerprint density at radius 3 is 3.00 bits per heavy atom. The Morgan fingerprint density at radius 1 is 1.41 bits per heavy atom. The van der Waals surface area contributed by atoms with Gasteiger partial charge in [0.05, 0.1) is 17.9 Å². The Kier molecular flexibility index (Phi) is 3.86. The van der Waals surface area contributed by atoms with E-state index in [1.54, 1.807) is 10.9 Å². The molecule has 0 bridgehead atoms. The molecule has 0 amide bonds. The minimum Gasteiger partial charge on any atom is -0.462 e. The van der Waals surface area contributed by atoms with E-state index < -0.39 is 6.04 Å². The third kappa shape index (κ3) is 2.45. The van der Waals surface area contributed by atoms with Gasteiger partial charge in [0.15, 0.2) is 0 Å². The van der Waals surface area contributed by atoms with Gasteiger partial charge in [0.2, 0.25) is 5.95 Å². The Bertz CT molecular complexity index is 708. The first-order chi connectivity index (χ1) is 10.7. The number of pyridine rings is 1. The van der Waals surface area contributed by atoms with Gasteiger partial charge in [-0.25, -0.2) is 9.48 Å². The van der Waals surface area contributed by atoms with Crippen LogP contribution < -0.4 is 5.32 Å². The van der Waals surface area contributed by atoms with Crippen molar-refractivity contribution in [2.24, 2.45) is 0 Å². The van der Waals surface area contributed by atoms with Crippen LogP contribution in [0.25, 0.3) is 0 Å². The van der Waals surface area contributed by atoms with Crippen molar-refractivity contribution in [3.8, 4) is 0 Å². The SMILES string of the molecule is CCCOC(=O)C1=C(C)Nc2ncnn2C1c1ccccn1. The Labute approximate surface area is 128 Å². The lowest BCUT2D eigenvalue weighted by Crippen LogP contribution is -2.30. The molecule has 1 unspecified atom stereocenters. The quantitative estimate of drug-likeness (QED) is 0.869. The number of ether oxygens (including phenoxy) is 1. The molecule has 0 saturated carbocycles. The zero-order valence-corrected chi connectivity index (χ0v) is 12.5. The minimum absolute atomic E-state index is 0.358. The van der Waals surface area contributed by atoms with E-state index in [0.717, 1.165) is 12.1 Å². The Hall–Kier alpha value is -2.70. The number of nitrogens with zero attached hydrogens (tertiary/aromatic N) is 4. The molecule has 1 aliphatic heterocycles. The number of allylic oxidation sites excluding steroid dienone is 1. The summed E-state index contributed by atoms with van der Waals surface area (Å²) < 4.78 is 6.97. The molecule has 1 aliphatic rings. The molecule has 3 rings (SSSR count). The van der Waals surface area contributed by atoms with Gasteiger partial charge in [-0.1, -0.05) is 13.0 Å². The highest BCUT2D eigenvalue weighted by Gasteiger charge is 2.34. The van der Waals surface area contributed by atoms with Crippen LogP contribution in [0.3, 0.4) is 0 Å². The lowest BCUT2D eigenvalue weighted by atomic mass is 10.00. The molecule has 7 nitrogen and oxygen atoms in total. The number of esters is 1. The molecule has 0 radical (unpaired) electrons. The summed E-state index contributed by atoms with van der Waals surface area (Å²) in [5.74, 6) is 0.226. The molecular formula is C15H17N5O2. The first-order valence-electron chi connectivity index (χ1n) is 7.17. The van der Waals surface area contributed by atoms with E-state index in [9.17, 15) is 4.79 Å². The normalized spacial score (nSPS) is 16.9. The molecule has 114 valence electrons. The number of hydrogen-bond donors (Lipinski definition) is 1. The second-order valence-electron chi connectivity index (χ2n) is 4.98. The number of carbonyl (C=O) groups is 1. The Balaban J connectivity index is 2.06. The number of nitrogens with one attached hydrogen (secondary N) is 1. The minimum atomic E-state index is -0.440. The lowest BCUT2D eigenvalue weighted by molar-refractivity contribution is -0.139. The fraction of sp³-hybridized carbons (Fsp3) is 0.333. The maximum Gasteiger partial charge on any atom is 0.338 e. The first kappa shape index (κ1) is 14.2. The summed E-state index contributed by atoms with van der Waals surface area (Å²) in [5, 5.41) is 7.31. The molecule has 7 heteroatoms. The van der Waals surface area contributed by atoms with E-state index in [4.69, 9.17) is 4.74 Å². The van der Waals surface area contributed by atoms with Crippen LogP contribution in [-0.2, 0) is 9.53 Å². The zero-order valence-electron chi connectivity index (χ0n) is 12.5. The summed E-state index contributed by atoms with van der Waals surface area (Å²) in [6.45, 7) is 4.17. The predicted molar refractivity (Wildman–Crippen MR) is 80.0 cm³/mol. The largest absolute Gasteiger partial charge is 0.462 e. The molecule has 0 aliphatic carbocycles. The van der Waals surface area contributed by atoms with E-state index in [1.165, 1.54) is 6.33 Å². The maximum absolute atomic E-state index is 12.5. The highest BCUT2D eigenvalue weighted by Crippen LogP contribution is 2.33. The summed E-state index contributed by atoms with van der Waals surface area (Å²) in [7, 11) is 0. The van der Waals surface area contributed by atoms with Crippen molar-refractivity contribution in [2.45, 2.75) is 26.3 Å². The van der Waals surface area contributed by atoms with Gasteiger partial charge < -0.3 is 10.1 Å². The van der Waals surface area contributed by atoms with Gasteiger partial charge in [0.1, 0.15) is 12.4 Å². The zero-order chi connectivity index (χ0) is 15.5. The molecular weight excluding hydrogens is 282 g/mol. The smallest absolute Gasteiger partial charge is 0.338 e. The number of anilines is 1. The molecule has 0 spiro atoms. The number of fused-ring (bicyclic) bond motifs is 1. The molecule has 2 aromatic rings. The summed E-state index contributed by atoms with van der Waals surface area (Å²) in [6, 6.07) is 5.13. The third-order valence-electron chi connectivity index (χ3n) is 3.42. The second kappa shape index (κ2) is 5.97. The number of carbonyl (C=O) groups excluding carboxylic acids is 1. The molecule has 0 saturated heterocycles. The molecule has 1 atom stereocenters. The topological polar surface area (TPSA) is 81.9 Å². The molecule has 2 aromatic heterocycles. The van der Waals surface area contributed by atoms with E-state index in [1.807, 2.05) is 32.0 Å². The van der Waals surface area contributed by atoms with Crippen molar-refractivity contribution in [1.82, 2.24) is 19.7 Å². The van der Waals surface area contributed by atoms with E-state index in [2.05, 4.69) is 20.4 Å². The van der Waals surface area contributed by atoms with Crippen molar-refractivity contribution in [1.29, 1.82) is 0 Å². The Morgan fingerprint density at radius 2 is 2.27 bits per heavy atom. The van der Waals surface area contributed by atoms with E-state index in [0.29, 0.717) is 23.8 Å². The van der Waals surface area contributed by atoms with Gasteiger partial charge in [-0.05, 0) is 25.5 Å². The monoisotopic (exact) mass is 299 g/mol. The molecule has 3 heterocycles. The fourth-order valence-corrected chi connectivity index (χ4v) is 2.44. The van der Waals surface area contributed by atoms with Gasteiger partial charge in [-0.15, -0.1) is 0 Å². The summed E-state index contributed by atoms with van der Waals surface area (Å²) in [5.41, 5.74) is 1.93. The van der Waals surface area contributed by atoms with Crippen molar-refractivity contribution < 1.29 is 9.53 Å². The maximum atomic E-state index is 12.5. The molecule has 0 aromatic carbocycles. The highest BCUT2D eigenvalue weighted by molar-refractivity contribution is 5.92. The third-order valence-corrected chi connectivity index (χ3v) is 3.42. The van der Waals surface area contributed by atoms with Crippen molar-refractivity contribution in [3.05, 3.63) is 47.7 Å². The van der Waals surface area contributed by atoms with Crippen molar-refractivity contribution >= 4 is 11.9 Å². The van der Waals surface area contributed by atoms with Crippen LogP contribution in [0, 0.1) is 0 Å². The van der Waals surface area contributed by atoms with Crippen LogP contribution in [0.15, 0.2) is 42.0 Å². The summed E-state index contributed by atoms with van der Waals surface area (Å²) in [6.07, 6.45) is 3.92. The number of rotatable bonds is 4. The van der Waals surface area contributed by atoms with Crippen molar-refractivity contribution in [2.75, 3.05) is 11.9 Å². The van der Waals surface area contributed by atoms with Gasteiger partial charge in [0.25, 0.3) is 0 Å². The second-order valence-corrected chi connectivity index (χ2v) is 4.98. The summed E-state index contributed by atoms with van der Waals surface area (Å²) >= 11 is 0. The van der Waals surface area contributed by atoms with Crippen LogP contribution in [0.1, 0.15) is 32.0 Å².